The summed E-state index contributed by atoms with van der Waals surface area (Å²) < 4.78 is 1.73. The summed E-state index contributed by atoms with van der Waals surface area (Å²) in [5.74, 6) is 3.82. The van der Waals surface area contributed by atoms with Crippen LogP contribution >= 0.6 is 0 Å². The second-order valence-corrected chi connectivity index (χ2v) is 9.95. The van der Waals surface area contributed by atoms with Crippen LogP contribution in [-0.4, -0.2) is 27.8 Å². The largest absolute Gasteiger partial charge is 0.275 e. The van der Waals surface area contributed by atoms with Crippen LogP contribution in [0.4, 0.5) is 0 Å². The maximum absolute atomic E-state index is 4.31. The Morgan fingerprint density at radius 3 is 2.28 bits per heavy atom. The molecule has 0 fully saturated rings. The van der Waals surface area contributed by atoms with E-state index in [4.69, 9.17) is 0 Å². The molecule has 0 bridgehead atoms. The average Bonchev–Trinajstić information content (AvgIpc) is 2.73. The van der Waals surface area contributed by atoms with Gasteiger partial charge in [-0.15, -0.1) is 5.54 Å². The third-order valence-corrected chi connectivity index (χ3v) is 3.07. The molecule has 0 spiro atoms. The number of hydrogen-bond acceptors (Lipinski definition) is 3. The van der Waals surface area contributed by atoms with E-state index >= 15 is 0 Å². The number of aryl methyl sites for hydroxylation is 1. The number of nitrogens with zero attached hydrogens (tertiary/aromatic N) is 4. The fourth-order valence-corrected chi connectivity index (χ4v) is 1.86. The molecule has 18 heavy (non-hydrogen) atoms. The second kappa shape index (κ2) is 4.74. The highest BCUT2D eigenvalue weighted by atomic mass is 28.3. The molecule has 0 N–H and O–H groups in total. The minimum atomic E-state index is -1.34. The predicted molar refractivity (Wildman–Crippen MR) is 74.5 cm³/mol. The van der Waals surface area contributed by atoms with Crippen molar-refractivity contribution in [2.45, 2.75) is 19.6 Å². The van der Waals surface area contributed by atoms with Gasteiger partial charge in [0.05, 0.1) is 17.3 Å². The molecule has 0 amide bonds. The van der Waals surface area contributed by atoms with Gasteiger partial charge < -0.3 is 0 Å². The zero-order valence-electron chi connectivity index (χ0n) is 11.1. The van der Waals surface area contributed by atoms with Crippen molar-refractivity contribution in [3.63, 3.8) is 0 Å². The van der Waals surface area contributed by atoms with E-state index in [1.165, 1.54) is 0 Å². The Morgan fingerprint density at radius 2 is 1.78 bits per heavy atom. The molecule has 0 aromatic carbocycles. The standard InChI is InChI=1S/C13H16N4Si/c1-17-10-12(9-16-17)13-14-7-11(8-15-13)5-6-18(2,3)4/h7-10H,1-4H3. The van der Waals surface area contributed by atoms with Crippen LogP contribution in [0.5, 0.6) is 0 Å². The van der Waals surface area contributed by atoms with Gasteiger partial charge in [-0.25, -0.2) is 9.97 Å². The SMILES string of the molecule is Cn1cc(-c2ncc(C#C[Si](C)(C)C)cn2)cn1. The van der Waals surface area contributed by atoms with Crippen molar-refractivity contribution in [2.75, 3.05) is 0 Å². The maximum Gasteiger partial charge on any atom is 0.162 e. The molecule has 0 aliphatic carbocycles. The van der Waals surface area contributed by atoms with E-state index in [1.54, 1.807) is 23.3 Å². The molecule has 0 unspecified atom stereocenters. The van der Waals surface area contributed by atoms with E-state index in [1.807, 2.05) is 13.2 Å². The first-order valence-corrected chi connectivity index (χ1v) is 9.28. The molecule has 2 heterocycles. The van der Waals surface area contributed by atoms with Crippen molar-refractivity contribution in [1.29, 1.82) is 0 Å². The summed E-state index contributed by atoms with van der Waals surface area (Å²) in [7, 11) is 0.528. The molecule has 0 aliphatic rings. The van der Waals surface area contributed by atoms with Crippen molar-refractivity contribution in [2.24, 2.45) is 7.05 Å². The van der Waals surface area contributed by atoms with Gasteiger partial charge in [0, 0.05) is 25.6 Å². The van der Waals surface area contributed by atoms with Gasteiger partial charge in [0.1, 0.15) is 8.07 Å². The van der Waals surface area contributed by atoms with Crippen molar-refractivity contribution in [3.05, 3.63) is 30.4 Å². The topological polar surface area (TPSA) is 43.6 Å². The average molecular weight is 256 g/mol. The fraction of sp³-hybridized carbons (Fsp3) is 0.308. The van der Waals surface area contributed by atoms with Gasteiger partial charge in [-0.05, 0) is 0 Å². The summed E-state index contributed by atoms with van der Waals surface area (Å²) >= 11 is 0. The van der Waals surface area contributed by atoms with E-state index in [2.05, 4.69) is 46.2 Å². The highest BCUT2D eigenvalue weighted by molar-refractivity contribution is 6.83. The first-order valence-electron chi connectivity index (χ1n) is 5.78. The van der Waals surface area contributed by atoms with Gasteiger partial charge in [-0.1, -0.05) is 25.6 Å². The number of rotatable bonds is 1. The lowest BCUT2D eigenvalue weighted by Gasteiger charge is -2.03. The molecule has 2 rings (SSSR count). The Bertz CT molecular complexity index is 596. The van der Waals surface area contributed by atoms with Gasteiger partial charge >= 0.3 is 0 Å². The zero-order valence-corrected chi connectivity index (χ0v) is 12.1. The number of aromatic nitrogens is 4. The molecule has 5 heteroatoms. The van der Waals surface area contributed by atoms with Crippen LogP contribution in [0, 0.1) is 11.5 Å². The quantitative estimate of drug-likeness (QED) is 0.580. The van der Waals surface area contributed by atoms with Crippen molar-refractivity contribution < 1.29 is 0 Å². The molecule has 0 radical (unpaired) electrons. The lowest BCUT2D eigenvalue weighted by Crippen LogP contribution is -2.16. The summed E-state index contributed by atoms with van der Waals surface area (Å²) in [5, 5.41) is 4.10. The molecular weight excluding hydrogens is 240 g/mol. The van der Waals surface area contributed by atoms with Crippen LogP contribution in [-0.2, 0) is 7.05 Å². The van der Waals surface area contributed by atoms with Gasteiger partial charge in [0.2, 0.25) is 0 Å². The summed E-state index contributed by atoms with van der Waals surface area (Å²) in [6.45, 7) is 6.64. The smallest absolute Gasteiger partial charge is 0.162 e. The normalized spacial score (nSPS) is 10.9. The van der Waals surface area contributed by atoms with Crippen LogP contribution < -0.4 is 0 Å². The van der Waals surface area contributed by atoms with Crippen LogP contribution in [0.3, 0.4) is 0 Å². The minimum Gasteiger partial charge on any atom is -0.275 e. The van der Waals surface area contributed by atoms with Gasteiger partial charge in [0.25, 0.3) is 0 Å². The summed E-state index contributed by atoms with van der Waals surface area (Å²) in [6.07, 6.45) is 7.18. The van der Waals surface area contributed by atoms with Crippen molar-refractivity contribution in [1.82, 2.24) is 19.7 Å². The molecular formula is C13H16N4Si. The van der Waals surface area contributed by atoms with E-state index in [0.717, 1.165) is 11.1 Å². The third-order valence-electron chi connectivity index (χ3n) is 2.20. The molecule has 2 aromatic heterocycles. The molecule has 0 aliphatic heterocycles. The zero-order chi connectivity index (χ0) is 13.2. The second-order valence-electron chi connectivity index (χ2n) is 5.20. The van der Waals surface area contributed by atoms with E-state index < -0.39 is 8.07 Å². The van der Waals surface area contributed by atoms with Gasteiger partial charge in [0.15, 0.2) is 5.82 Å². The van der Waals surface area contributed by atoms with Crippen molar-refractivity contribution >= 4 is 8.07 Å². The Hall–Kier alpha value is -1.93. The van der Waals surface area contributed by atoms with E-state index in [0.29, 0.717) is 5.82 Å². The molecule has 0 saturated carbocycles. The van der Waals surface area contributed by atoms with E-state index in [9.17, 15) is 0 Å². The highest BCUT2D eigenvalue weighted by Crippen LogP contribution is 2.12. The maximum atomic E-state index is 4.31. The summed E-state index contributed by atoms with van der Waals surface area (Å²) in [6, 6.07) is 0. The lowest BCUT2D eigenvalue weighted by atomic mass is 10.3. The Labute approximate surface area is 108 Å². The van der Waals surface area contributed by atoms with Crippen LogP contribution in [0.25, 0.3) is 11.4 Å². The predicted octanol–water partition coefficient (Wildman–Crippen LogP) is 2.11. The summed E-state index contributed by atoms with van der Waals surface area (Å²) in [5.41, 5.74) is 5.08. The van der Waals surface area contributed by atoms with Crippen LogP contribution in [0.15, 0.2) is 24.8 Å². The summed E-state index contributed by atoms with van der Waals surface area (Å²) in [4.78, 5) is 8.62. The lowest BCUT2D eigenvalue weighted by molar-refractivity contribution is 0.768. The Kier molecular flexibility index (Phi) is 3.30. The van der Waals surface area contributed by atoms with Gasteiger partial charge in [-0.3, -0.25) is 4.68 Å². The van der Waals surface area contributed by atoms with E-state index in [-0.39, 0.29) is 0 Å². The third kappa shape index (κ3) is 3.28. The number of hydrogen-bond donors (Lipinski definition) is 0. The molecule has 92 valence electrons. The van der Waals surface area contributed by atoms with Gasteiger partial charge in [-0.2, -0.15) is 5.10 Å². The Morgan fingerprint density at radius 1 is 1.11 bits per heavy atom. The molecule has 0 atom stereocenters. The van der Waals surface area contributed by atoms with Crippen LogP contribution in [0.2, 0.25) is 19.6 Å². The van der Waals surface area contributed by atoms with Crippen LogP contribution in [0.1, 0.15) is 5.56 Å². The molecule has 0 saturated heterocycles. The Balaban J connectivity index is 2.22. The fourth-order valence-electron chi connectivity index (χ4n) is 1.34. The minimum absolute atomic E-state index is 0.682. The molecule has 4 nitrogen and oxygen atoms in total. The first-order chi connectivity index (χ1) is 8.44. The monoisotopic (exact) mass is 256 g/mol. The highest BCUT2D eigenvalue weighted by Gasteiger charge is 2.07. The van der Waals surface area contributed by atoms with Crippen molar-refractivity contribution in [3.8, 4) is 22.9 Å². The first kappa shape index (κ1) is 12.5. The molecule has 2 aromatic rings.